The van der Waals surface area contributed by atoms with E-state index in [2.05, 4.69) is 11.8 Å². The van der Waals surface area contributed by atoms with Gasteiger partial charge in [0.05, 0.1) is 18.2 Å². The van der Waals surface area contributed by atoms with E-state index in [0.717, 1.165) is 0 Å². The van der Waals surface area contributed by atoms with E-state index < -0.39 is 5.97 Å². The van der Waals surface area contributed by atoms with Crippen molar-refractivity contribution in [3.8, 4) is 17.6 Å². The van der Waals surface area contributed by atoms with Crippen LogP contribution in [-0.4, -0.2) is 24.1 Å². The third-order valence-corrected chi connectivity index (χ3v) is 2.08. The predicted octanol–water partition coefficient (Wildman–Crippen LogP) is 2.37. The van der Waals surface area contributed by atoms with Crippen LogP contribution in [0.2, 0.25) is 0 Å². The number of halogens is 1. The molecule has 84 valence electrons. The summed E-state index contributed by atoms with van der Waals surface area (Å²) in [6.45, 7) is 0. The highest BCUT2D eigenvalue weighted by atomic mass is 35.5. The lowest BCUT2D eigenvalue weighted by Crippen LogP contribution is -1.98. The van der Waals surface area contributed by atoms with Crippen LogP contribution in [0.15, 0.2) is 18.2 Å². The minimum atomic E-state index is -0.987. The lowest BCUT2D eigenvalue weighted by Gasteiger charge is -2.03. The Bertz CT molecular complexity index is 443. The first-order valence-electron chi connectivity index (χ1n) is 4.65. The number of carbonyl (C=O) groups is 1. The number of aromatic carboxylic acids is 1. The molecule has 0 aromatic heterocycles. The zero-order chi connectivity index (χ0) is 12.0. The summed E-state index contributed by atoms with van der Waals surface area (Å²) >= 11 is 5.50. The van der Waals surface area contributed by atoms with Crippen molar-refractivity contribution in [2.24, 2.45) is 0 Å². The SMILES string of the molecule is COc1cc(C(=O)O)ccc1C#CCCCl. The smallest absolute Gasteiger partial charge is 0.335 e. The van der Waals surface area contributed by atoms with Crippen molar-refractivity contribution in [3.63, 3.8) is 0 Å². The minimum absolute atomic E-state index is 0.180. The molecular weight excluding hydrogens is 228 g/mol. The summed E-state index contributed by atoms with van der Waals surface area (Å²) in [5.74, 6) is 5.69. The number of methoxy groups -OCH3 is 1. The zero-order valence-corrected chi connectivity index (χ0v) is 9.54. The monoisotopic (exact) mass is 238 g/mol. The summed E-state index contributed by atoms with van der Waals surface area (Å²) in [6.07, 6.45) is 0.589. The Balaban J connectivity index is 3.03. The fourth-order valence-corrected chi connectivity index (χ4v) is 1.23. The van der Waals surface area contributed by atoms with E-state index in [-0.39, 0.29) is 5.56 Å². The topological polar surface area (TPSA) is 46.5 Å². The molecule has 1 aromatic carbocycles. The molecule has 0 aliphatic heterocycles. The van der Waals surface area contributed by atoms with E-state index >= 15 is 0 Å². The van der Waals surface area contributed by atoms with E-state index in [0.29, 0.717) is 23.6 Å². The second kappa shape index (κ2) is 6.04. The molecular formula is C12H11ClO3. The third kappa shape index (κ3) is 3.18. The van der Waals surface area contributed by atoms with Crippen molar-refractivity contribution in [2.75, 3.05) is 13.0 Å². The van der Waals surface area contributed by atoms with Gasteiger partial charge in [0.1, 0.15) is 5.75 Å². The van der Waals surface area contributed by atoms with Gasteiger partial charge >= 0.3 is 5.97 Å². The number of hydrogen-bond acceptors (Lipinski definition) is 2. The highest BCUT2D eigenvalue weighted by molar-refractivity contribution is 6.18. The number of carboxylic acids is 1. The molecule has 0 spiro atoms. The lowest BCUT2D eigenvalue weighted by atomic mass is 10.1. The summed E-state index contributed by atoms with van der Waals surface area (Å²) in [6, 6.07) is 4.58. The van der Waals surface area contributed by atoms with Crippen LogP contribution < -0.4 is 4.74 Å². The summed E-state index contributed by atoms with van der Waals surface area (Å²) < 4.78 is 5.07. The highest BCUT2D eigenvalue weighted by Gasteiger charge is 2.07. The summed E-state index contributed by atoms with van der Waals surface area (Å²) in [4.78, 5) is 10.7. The molecule has 0 saturated carbocycles. The van der Waals surface area contributed by atoms with Crippen LogP contribution >= 0.6 is 11.6 Å². The first-order valence-corrected chi connectivity index (χ1v) is 5.18. The number of carboxylic acid groups (broad SMARTS) is 1. The van der Waals surface area contributed by atoms with E-state index in [1.165, 1.54) is 19.2 Å². The Morgan fingerprint density at radius 2 is 2.31 bits per heavy atom. The maximum absolute atomic E-state index is 10.7. The Hall–Kier alpha value is -1.66. The van der Waals surface area contributed by atoms with Crippen molar-refractivity contribution in [1.29, 1.82) is 0 Å². The average Bonchev–Trinajstić information content (AvgIpc) is 2.29. The Labute approximate surface area is 99.0 Å². The van der Waals surface area contributed by atoms with Crippen LogP contribution in [-0.2, 0) is 0 Å². The van der Waals surface area contributed by atoms with E-state index in [4.69, 9.17) is 21.4 Å². The lowest BCUT2D eigenvalue weighted by molar-refractivity contribution is 0.0696. The first-order chi connectivity index (χ1) is 7.69. The number of rotatable bonds is 3. The first kappa shape index (κ1) is 12.4. The fourth-order valence-electron chi connectivity index (χ4n) is 1.13. The molecule has 1 aromatic rings. The third-order valence-electron chi connectivity index (χ3n) is 1.89. The van der Waals surface area contributed by atoms with Crippen molar-refractivity contribution in [1.82, 2.24) is 0 Å². The van der Waals surface area contributed by atoms with Gasteiger partial charge in [-0.1, -0.05) is 11.8 Å². The van der Waals surface area contributed by atoms with Crippen molar-refractivity contribution < 1.29 is 14.6 Å². The van der Waals surface area contributed by atoms with Gasteiger partial charge in [-0.3, -0.25) is 0 Å². The fraction of sp³-hybridized carbons (Fsp3) is 0.250. The summed E-state index contributed by atoms with van der Waals surface area (Å²) in [5, 5.41) is 8.80. The van der Waals surface area contributed by atoms with Gasteiger partial charge < -0.3 is 9.84 Å². The molecule has 0 saturated heterocycles. The maximum atomic E-state index is 10.7. The molecule has 0 aliphatic carbocycles. The van der Waals surface area contributed by atoms with Crippen LogP contribution in [0.1, 0.15) is 22.3 Å². The van der Waals surface area contributed by atoms with Gasteiger partial charge in [-0.15, -0.1) is 11.6 Å². The molecule has 16 heavy (non-hydrogen) atoms. The Kier molecular flexibility index (Phi) is 4.68. The molecule has 1 N–H and O–H groups in total. The maximum Gasteiger partial charge on any atom is 0.335 e. The van der Waals surface area contributed by atoms with Crippen molar-refractivity contribution in [3.05, 3.63) is 29.3 Å². The minimum Gasteiger partial charge on any atom is -0.495 e. The molecule has 0 heterocycles. The largest absolute Gasteiger partial charge is 0.495 e. The molecule has 0 bridgehead atoms. The second-order valence-corrected chi connectivity index (χ2v) is 3.34. The zero-order valence-electron chi connectivity index (χ0n) is 8.79. The quantitative estimate of drug-likeness (QED) is 0.650. The average molecular weight is 239 g/mol. The Morgan fingerprint density at radius 3 is 2.88 bits per heavy atom. The van der Waals surface area contributed by atoms with Crippen LogP contribution in [0, 0.1) is 11.8 Å². The number of ether oxygens (including phenoxy) is 1. The van der Waals surface area contributed by atoms with Gasteiger partial charge in [-0.2, -0.15) is 0 Å². The predicted molar refractivity (Wildman–Crippen MR) is 62.2 cm³/mol. The Morgan fingerprint density at radius 1 is 1.56 bits per heavy atom. The van der Waals surface area contributed by atoms with Gasteiger partial charge in [0.2, 0.25) is 0 Å². The van der Waals surface area contributed by atoms with Gasteiger partial charge in [-0.25, -0.2) is 4.79 Å². The number of hydrogen-bond donors (Lipinski definition) is 1. The highest BCUT2D eigenvalue weighted by Crippen LogP contribution is 2.19. The molecule has 0 radical (unpaired) electrons. The number of alkyl halides is 1. The summed E-state index contributed by atoms with van der Waals surface area (Å²) in [5.41, 5.74) is 0.845. The molecule has 0 unspecified atom stereocenters. The van der Waals surface area contributed by atoms with E-state index in [1.807, 2.05) is 0 Å². The number of benzene rings is 1. The molecule has 0 atom stereocenters. The van der Waals surface area contributed by atoms with E-state index in [9.17, 15) is 4.79 Å². The molecule has 3 nitrogen and oxygen atoms in total. The van der Waals surface area contributed by atoms with Gasteiger partial charge in [0, 0.05) is 12.3 Å². The molecule has 0 amide bonds. The van der Waals surface area contributed by atoms with Gasteiger partial charge in [0.25, 0.3) is 0 Å². The van der Waals surface area contributed by atoms with Crippen molar-refractivity contribution in [2.45, 2.75) is 6.42 Å². The van der Waals surface area contributed by atoms with Gasteiger partial charge in [-0.05, 0) is 18.2 Å². The molecule has 4 heteroatoms. The van der Waals surface area contributed by atoms with Crippen LogP contribution in [0.3, 0.4) is 0 Å². The standard InChI is InChI=1S/C12H11ClO3/c1-16-11-8-10(12(14)15)6-5-9(11)4-2-3-7-13/h5-6,8H,3,7H2,1H3,(H,14,15). The van der Waals surface area contributed by atoms with Crippen LogP contribution in [0.5, 0.6) is 5.75 Å². The van der Waals surface area contributed by atoms with Crippen molar-refractivity contribution >= 4 is 17.6 Å². The molecule has 0 fully saturated rings. The van der Waals surface area contributed by atoms with Crippen LogP contribution in [0.25, 0.3) is 0 Å². The molecule has 1 rings (SSSR count). The molecule has 0 aliphatic rings. The van der Waals surface area contributed by atoms with Gasteiger partial charge in [0.15, 0.2) is 0 Å². The van der Waals surface area contributed by atoms with Crippen LogP contribution in [0.4, 0.5) is 0 Å². The second-order valence-electron chi connectivity index (χ2n) is 2.96. The van der Waals surface area contributed by atoms with E-state index in [1.54, 1.807) is 6.07 Å². The summed E-state index contributed by atoms with van der Waals surface area (Å²) in [7, 11) is 1.48. The normalized spacial score (nSPS) is 9.12.